The van der Waals surface area contributed by atoms with E-state index in [2.05, 4.69) is 4.99 Å². The van der Waals surface area contributed by atoms with Gasteiger partial charge in [-0.2, -0.15) is 4.99 Å². The standard InChI is InChI=1S/C18H17N2O2.C5H5.Fe/c1-2-22-18-19-16(12-14-8-6-7-9-14)17(21)20(18)13-15-10-4-3-5-11-15;1-2-4-5-3-1;/h3-12H,2,13H2,1H3;1-5H;/q;;+2/b16-12-;;. The molecule has 3 aliphatic rings. The summed E-state index contributed by atoms with van der Waals surface area (Å²) >= 11 is 0. The summed E-state index contributed by atoms with van der Waals surface area (Å²) in [5.74, 6) is 0.831. The molecule has 2 saturated carbocycles. The van der Waals surface area contributed by atoms with E-state index in [1.165, 1.54) is 0 Å². The summed E-state index contributed by atoms with van der Waals surface area (Å²) in [6, 6.07) is 10.2. The number of ether oxygens (including phenoxy) is 1. The Labute approximate surface area is 179 Å². The molecule has 10 radical (unpaired) electrons. The first-order valence-electron chi connectivity index (χ1n) is 8.95. The minimum Gasteiger partial charge on any atom is -0.465 e. The van der Waals surface area contributed by atoms with E-state index in [-0.39, 0.29) is 23.0 Å². The normalized spacial score (nSPS) is 20.6. The third-order valence-electron chi connectivity index (χ3n) is 3.92. The summed E-state index contributed by atoms with van der Waals surface area (Å²) in [6.07, 6.45) is 19.5. The smallest absolute Gasteiger partial charge is 0.465 e. The van der Waals surface area contributed by atoms with Crippen LogP contribution in [0.15, 0.2) is 47.1 Å². The number of benzene rings is 1. The quantitative estimate of drug-likeness (QED) is 0.557. The Hall–Kier alpha value is -1.58. The Balaban J connectivity index is 0.000000408. The monoisotopic (exact) mass is 414 g/mol. The molecular weight excluding hydrogens is 392 g/mol. The van der Waals surface area contributed by atoms with Crippen molar-refractivity contribution in [3.63, 3.8) is 0 Å². The van der Waals surface area contributed by atoms with Gasteiger partial charge >= 0.3 is 17.1 Å². The van der Waals surface area contributed by atoms with Crippen LogP contribution in [0, 0.1) is 63.7 Å². The van der Waals surface area contributed by atoms with Crippen LogP contribution in [-0.4, -0.2) is 23.4 Å². The molecule has 1 amide bonds. The maximum Gasteiger partial charge on any atom is 2.00 e. The van der Waals surface area contributed by atoms with Gasteiger partial charge in [0.2, 0.25) is 0 Å². The molecule has 4 nitrogen and oxygen atoms in total. The third kappa shape index (κ3) is 6.49. The average Bonchev–Trinajstić information content (AvgIpc) is 3.45. The number of allylic oxidation sites excluding steroid dienone is 1. The second kappa shape index (κ2) is 12.1. The molecule has 1 aromatic rings. The predicted molar refractivity (Wildman–Crippen MR) is 106 cm³/mol. The number of carbonyl (C=O) groups is 1. The fourth-order valence-corrected chi connectivity index (χ4v) is 2.64. The van der Waals surface area contributed by atoms with Crippen LogP contribution in [0.25, 0.3) is 0 Å². The zero-order valence-electron chi connectivity index (χ0n) is 15.6. The number of amidine groups is 1. The minimum atomic E-state index is -0.131. The molecule has 0 aromatic heterocycles. The molecule has 0 atom stereocenters. The van der Waals surface area contributed by atoms with E-state index in [1.807, 2.05) is 95.0 Å². The van der Waals surface area contributed by atoms with Crippen molar-refractivity contribution in [3.8, 4) is 0 Å². The Bertz CT molecular complexity index is 655. The molecular formula is C23H22FeN2O2+2. The molecule has 0 spiro atoms. The van der Waals surface area contributed by atoms with E-state index < -0.39 is 0 Å². The number of amides is 1. The van der Waals surface area contributed by atoms with Crippen LogP contribution in [0.5, 0.6) is 0 Å². The van der Waals surface area contributed by atoms with Crippen LogP contribution in [0.2, 0.25) is 0 Å². The number of hydrogen-bond donors (Lipinski definition) is 0. The Morgan fingerprint density at radius 1 is 0.964 bits per heavy atom. The van der Waals surface area contributed by atoms with E-state index in [1.54, 1.807) is 11.0 Å². The van der Waals surface area contributed by atoms with Crippen molar-refractivity contribution in [1.29, 1.82) is 0 Å². The van der Waals surface area contributed by atoms with Crippen LogP contribution in [0.4, 0.5) is 0 Å². The molecule has 0 bridgehead atoms. The molecule has 0 unspecified atom stereocenters. The summed E-state index contributed by atoms with van der Waals surface area (Å²) in [4.78, 5) is 18.5. The van der Waals surface area contributed by atoms with E-state index in [0.29, 0.717) is 24.9 Å². The summed E-state index contributed by atoms with van der Waals surface area (Å²) < 4.78 is 5.52. The number of nitrogens with zero attached hydrogens (tertiary/aromatic N) is 2. The zero-order chi connectivity index (χ0) is 18.9. The third-order valence-corrected chi connectivity index (χ3v) is 3.92. The fourth-order valence-electron chi connectivity index (χ4n) is 2.64. The second-order valence-corrected chi connectivity index (χ2v) is 5.91. The first-order chi connectivity index (χ1) is 13.3. The molecule has 0 N–H and O–H groups in total. The Morgan fingerprint density at radius 2 is 1.57 bits per heavy atom. The summed E-state index contributed by atoms with van der Waals surface area (Å²) in [5.41, 5.74) is 1.45. The molecule has 2 aliphatic carbocycles. The van der Waals surface area contributed by atoms with Crippen molar-refractivity contribution in [2.45, 2.75) is 13.5 Å². The maximum atomic E-state index is 12.6. The predicted octanol–water partition coefficient (Wildman–Crippen LogP) is 3.73. The first-order valence-corrected chi connectivity index (χ1v) is 8.95. The van der Waals surface area contributed by atoms with Gasteiger partial charge < -0.3 is 4.74 Å². The average molecular weight is 414 g/mol. The van der Waals surface area contributed by atoms with Gasteiger partial charge in [0.1, 0.15) is 5.70 Å². The van der Waals surface area contributed by atoms with Gasteiger partial charge in [-0.05, 0) is 76.4 Å². The summed E-state index contributed by atoms with van der Waals surface area (Å²) in [5, 5.41) is 0. The fraction of sp³-hybridized carbons (Fsp3) is 0.130. The van der Waals surface area contributed by atoms with Gasteiger partial charge in [-0.25, -0.2) is 0 Å². The van der Waals surface area contributed by atoms with Gasteiger partial charge in [0.15, 0.2) is 0 Å². The number of aliphatic imine (C=N–C) groups is 1. The van der Waals surface area contributed by atoms with Gasteiger partial charge in [-0.1, -0.05) is 30.3 Å². The maximum absolute atomic E-state index is 12.6. The first kappa shape index (κ1) is 22.7. The number of carbonyl (C=O) groups excluding carboxylic acids is 1. The van der Waals surface area contributed by atoms with Gasteiger partial charge in [0.25, 0.3) is 11.9 Å². The van der Waals surface area contributed by atoms with Crippen LogP contribution < -0.4 is 0 Å². The summed E-state index contributed by atoms with van der Waals surface area (Å²) in [6.45, 7) is 2.81. The van der Waals surface area contributed by atoms with Crippen molar-refractivity contribution in [1.82, 2.24) is 4.90 Å². The largest absolute Gasteiger partial charge is 2.00 e. The van der Waals surface area contributed by atoms with Crippen LogP contribution in [0.3, 0.4) is 0 Å². The second-order valence-electron chi connectivity index (χ2n) is 5.91. The zero-order valence-corrected chi connectivity index (χ0v) is 16.7. The molecule has 0 saturated heterocycles. The molecule has 1 aromatic carbocycles. The van der Waals surface area contributed by atoms with Crippen molar-refractivity contribution >= 4 is 11.9 Å². The molecule has 142 valence electrons. The number of rotatable bonds is 4. The Morgan fingerprint density at radius 3 is 2.14 bits per heavy atom. The molecule has 5 heteroatoms. The molecule has 1 heterocycles. The van der Waals surface area contributed by atoms with Crippen molar-refractivity contribution < 1.29 is 26.6 Å². The Kier molecular flexibility index (Phi) is 9.80. The van der Waals surface area contributed by atoms with Crippen LogP contribution >= 0.6 is 0 Å². The number of hydrogen-bond acceptors (Lipinski definition) is 3. The van der Waals surface area contributed by atoms with Gasteiger partial charge in [-0.3, -0.25) is 9.69 Å². The van der Waals surface area contributed by atoms with Crippen LogP contribution in [-0.2, 0) is 33.1 Å². The molecule has 28 heavy (non-hydrogen) atoms. The van der Waals surface area contributed by atoms with E-state index in [9.17, 15) is 4.79 Å². The van der Waals surface area contributed by atoms with Gasteiger partial charge in [-0.15, -0.1) is 0 Å². The van der Waals surface area contributed by atoms with Crippen molar-refractivity contribution in [3.05, 3.63) is 111 Å². The molecule has 1 aliphatic heterocycles. The summed E-state index contributed by atoms with van der Waals surface area (Å²) in [7, 11) is 0. The van der Waals surface area contributed by atoms with E-state index in [0.717, 1.165) is 11.5 Å². The van der Waals surface area contributed by atoms with Crippen molar-refractivity contribution in [2.75, 3.05) is 6.61 Å². The minimum absolute atomic E-state index is 0. The molecule has 4 rings (SSSR count). The topological polar surface area (TPSA) is 41.9 Å². The van der Waals surface area contributed by atoms with E-state index >= 15 is 0 Å². The van der Waals surface area contributed by atoms with Crippen molar-refractivity contribution in [2.24, 2.45) is 4.99 Å². The van der Waals surface area contributed by atoms with E-state index in [4.69, 9.17) is 4.74 Å². The van der Waals surface area contributed by atoms with Crippen LogP contribution in [0.1, 0.15) is 12.5 Å². The SMILES string of the molecule is CCOC1=N/C(=C\[C]2[CH][CH][CH][CH]2)C(=O)N1Cc1ccccc1.[CH]1[CH][CH][CH][CH]1.[Fe+2]. The molecule has 2 fully saturated rings. The van der Waals surface area contributed by atoms with Gasteiger partial charge in [0.05, 0.1) is 13.2 Å². The van der Waals surface area contributed by atoms with Gasteiger partial charge in [0, 0.05) is 5.92 Å².